The maximum absolute atomic E-state index is 10.9. The number of rotatable bonds is 8. The minimum Gasteiger partial charge on any atom is -0.478 e. The zero-order chi connectivity index (χ0) is 17.5. The highest BCUT2D eigenvalue weighted by molar-refractivity contribution is 5.87. The molecule has 2 rings (SSSR count). The molecule has 0 unspecified atom stereocenters. The lowest BCUT2D eigenvalue weighted by molar-refractivity contribution is 0.0697. The lowest BCUT2D eigenvalue weighted by atomic mass is 10.1. The van der Waals surface area contributed by atoms with Crippen molar-refractivity contribution in [1.29, 1.82) is 0 Å². The van der Waals surface area contributed by atoms with Crippen LogP contribution in [0.4, 0.5) is 0 Å². The van der Waals surface area contributed by atoms with Gasteiger partial charge in [0.1, 0.15) is 0 Å². The lowest BCUT2D eigenvalue weighted by Crippen LogP contribution is -2.22. The third kappa shape index (κ3) is 5.48. The van der Waals surface area contributed by atoms with E-state index in [0.29, 0.717) is 5.56 Å². The Hall–Kier alpha value is -2.17. The van der Waals surface area contributed by atoms with E-state index in [9.17, 15) is 4.79 Å². The zero-order valence-corrected chi connectivity index (χ0v) is 14.7. The van der Waals surface area contributed by atoms with Crippen LogP contribution >= 0.6 is 0 Å². The Kier molecular flexibility index (Phi) is 6.53. The highest BCUT2D eigenvalue weighted by Crippen LogP contribution is 2.13. The lowest BCUT2D eigenvalue weighted by Gasteiger charge is -2.21. The molecule has 24 heavy (non-hydrogen) atoms. The molecule has 0 heterocycles. The van der Waals surface area contributed by atoms with Crippen LogP contribution in [0.1, 0.15) is 34.0 Å². The van der Waals surface area contributed by atoms with E-state index in [1.165, 1.54) is 11.1 Å². The molecular weight excluding hydrogens is 300 g/mol. The topological polar surface area (TPSA) is 43.8 Å². The predicted octanol–water partition coefficient (Wildman–Crippen LogP) is 3.47. The summed E-state index contributed by atoms with van der Waals surface area (Å²) < 4.78 is 0. The summed E-state index contributed by atoms with van der Waals surface area (Å²) in [6, 6.07) is 15.9. The number of hydrogen-bond donors (Lipinski definition) is 1. The number of benzene rings is 2. The Morgan fingerprint density at radius 2 is 1.25 bits per heavy atom. The van der Waals surface area contributed by atoms with Gasteiger partial charge < -0.3 is 10.0 Å². The van der Waals surface area contributed by atoms with Crippen LogP contribution < -0.4 is 0 Å². The van der Waals surface area contributed by atoms with E-state index in [0.717, 1.165) is 31.7 Å². The van der Waals surface area contributed by atoms with Crippen molar-refractivity contribution in [3.05, 3.63) is 70.8 Å². The standard InChI is InChI=1S/C20H26N2O2/c1-4-22(15-18-9-11-19(12-10-18)20(23)24)14-17-7-5-16(6-8-17)13-21(2)3/h5-12H,4,13-15H2,1-3H3,(H,23,24). The summed E-state index contributed by atoms with van der Waals surface area (Å²) in [6.07, 6.45) is 0. The van der Waals surface area contributed by atoms with Crippen LogP contribution in [0.15, 0.2) is 48.5 Å². The first-order valence-corrected chi connectivity index (χ1v) is 8.25. The molecule has 4 heteroatoms. The van der Waals surface area contributed by atoms with Gasteiger partial charge in [-0.25, -0.2) is 4.79 Å². The number of nitrogens with zero attached hydrogens (tertiary/aromatic N) is 2. The van der Waals surface area contributed by atoms with Crippen LogP contribution in [-0.4, -0.2) is 41.5 Å². The SMILES string of the molecule is CCN(Cc1ccc(CN(C)C)cc1)Cc1ccc(C(=O)O)cc1. The molecule has 0 atom stereocenters. The smallest absolute Gasteiger partial charge is 0.335 e. The van der Waals surface area contributed by atoms with Crippen molar-refractivity contribution in [3.8, 4) is 0 Å². The second-order valence-electron chi connectivity index (χ2n) is 6.36. The first kappa shape index (κ1) is 18.2. The van der Waals surface area contributed by atoms with E-state index in [1.807, 2.05) is 12.1 Å². The molecule has 0 aliphatic carbocycles. The van der Waals surface area contributed by atoms with Gasteiger partial charge in [0.15, 0.2) is 0 Å². The van der Waals surface area contributed by atoms with Gasteiger partial charge in [-0.05, 0) is 49.5 Å². The number of hydrogen-bond acceptors (Lipinski definition) is 3. The Morgan fingerprint density at radius 3 is 1.62 bits per heavy atom. The van der Waals surface area contributed by atoms with Gasteiger partial charge in [0, 0.05) is 19.6 Å². The Labute approximate surface area is 144 Å². The Balaban J connectivity index is 1.97. The molecule has 0 aliphatic rings. The number of carbonyl (C=O) groups is 1. The van der Waals surface area contributed by atoms with Gasteiger partial charge in [-0.15, -0.1) is 0 Å². The Bertz CT molecular complexity index is 648. The molecule has 0 radical (unpaired) electrons. The molecular formula is C20H26N2O2. The third-order valence-corrected chi connectivity index (χ3v) is 3.98. The fraction of sp³-hybridized carbons (Fsp3) is 0.350. The summed E-state index contributed by atoms with van der Waals surface area (Å²) in [6.45, 7) is 5.75. The monoisotopic (exact) mass is 326 g/mol. The molecule has 0 aliphatic heterocycles. The normalized spacial score (nSPS) is 11.2. The van der Waals surface area contributed by atoms with Crippen LogP contribution in [0, 0.1) is 0 Å². The van der Waals surface area contributed by atoms with Gasteiger partial charge in [0.05, 0.1) is 5.56 Å². The van der Waals surface area contributed by atoms with Crippen LogP contribution in [-0.2, 0) is 19.6 Å². The van der Waals surface area contributed by atoms with Crippen LogP contribution in [0.3, 0.4) is 0 Å². The van der Waals surface area contributed by atoms with Crippen molar-refractivity contribution in [2.24, 2.45) is 0 Å². The van der Waals surface area contributed by atoms with Crippen molar-refractivity contribution in [3.63, 3.8) is 0 Å². The number of aromatic carboxylic acids is 1. The van der Waals surface area contributed by atoms with Crippen molar-refractivity contribution < 1.29 is 9.90 Å². The minimum absolute atomic E-state index is 0.332. The molecule has 1 N–H and O–H groups in total. The van der Waals surface area contributed by atoms with Gasteiger partial charge in [0.2, 0.25) is 0 Å². The van der Waals surface area contributed by atoms with E-state index < -0.39 is 5.97 Å². The minimum atomic E-state index is -0.883. The van der Waals surface area contributed by atoms with Crippen molar-refractivity contribution in [2.45, 2.75) is 26.6 Å². The maximum atomic E-state index is 10.9. The highest BCUT2D eigenvalue weighted by atomic mass is 16.4. The summed E-state index contributed by atoms with van der Waals surface area (Å²) in [4.78, 5) is 15.4. The van der Waals surface area contributed by atoms with Crippen LogP contribution in [0.5, 0.6) is 0 Å². The fourth-order valence-corrected chi connectivity index (χ4v) is 2.66. The summed E-state index contributed by atoms with van der Waals surface area (Å²) >= 11 is 0. The molecule has 2 aromatic carbocycles. The fourth-order valence-electron chi connectivity index (χ4n) is 2.66. The second kappa shape index (κ2) is 8.62. The van der Waals surface area contributed by atoms with Crippen LogP contribution in [0.2, 0.25) is 0 Å². The second-order valence-corrected chi connectivity index (χ2v) is 6.36. The maximum Gasteiger partial charge on any atom is 0.335 e. The third-order valence-electron chi connectivity index (χ3n) is 3.98. The largest absolute Gasteiger partial charge is 0.478 e. The van der Waals surface area contributed by atoms with Crippen molar-refractivity contribution in [1.82, 2.24) is 9.80 Å². The van der Waals surface area contributed by atoms with E-state index >= 15 is 0 Å². The van der Waals surface area contributed by atoms with Gasteiger partial charge in [-0.1, -0.05) is 43.3 Å². The molecule has 2 aromatic rings. The van der Waals surface area contributed by atoms with Crippen molar-refractivity contribution >= 4 is 5.97 Å². The first-order valence-electron chi connectivity index (χ1n) is 8.25. The summed E-state index contributed by atoms with van der Waals surface area (Å²) in [5, 5.41) is 8.96. The zero-order valence-electron chi connectivity index (χ0n) is 14.7. The van der Waals surface area contributed by atoms with E-state index in [4.69, 9.17) is 5.11 Å². The summed E-state index contributed by atoms with van der Waals surface area (Å²) in [7, 11) is 4.14. The van der Waals surface area contributed by atoms with E-state index in [-0.39, 0.29) is 0 Å². The number of carboxylic acids is 1. The average Bonchev–Trinajstić information content (AvgIpc) is 2.56. The van der Waals surface area contributed by atoms with Crippen molar-refractivity contribution in [2.75, 3.05) is 20.6 Å². The van der Waals surface area contributed by atoms with Crippen LogP contribution in [0.25, 0.3) is 0 Å². The molecule has 4 nitrogen and oxygen atoms in total. The predicted molar refractivity (Wildman–Crippen MR) is 97.0 cm³/mol. The molecule has 128 valence electrons. The molecule has 0 amide bonds. The first-order chi connectivity index (χ1) is 11.5. The molecule has 0 bridgehead atoms. The van der Waals surface area contributed by atoms with Gasteiger partial charge in [0.25, 0.3) is 0 Å². The van der Waals surface area contributed by atoms with E-state index in [2.05, 4.69) is 55.1 Å². The molecule has 0 aromatic heterocycles. The quantitative estimate of drug-likeness (QED) is 0.807. The highest BCUT2D eigenvalue weighted by Gasteiger charge is 2.07. The molecule has 0 spiro atoms. The van der Waals surface area contributed by atoms with E-state index in [1.54, 1.807) is 12.1 Å². The molecule has 0 fully saturated rings. The van der Waals surface area contributed by atoms with Gasteiger partial charge in [-0.2, -0.15) is 0 Å². The average molecular weight is 326 g/mol. The van der Waals surface area contributed by atoms with Gasteiger partial charge in [-0.3, -0.25) is 4.90 Å². The summed E-state index contributed by atoms with van der Waals surface area (Å²) in [5.74, 6) is -0.883. The molecule has 0 saturated carbocycles. The molecule has 0 saturated heterocycles. The number of carboxylic acid groups (broad SMARTS) is 1. The Morgan fingerprint density at radius 1 is 0.833 bits per heavy atom. The summed E-state index contributed by atoms with van der Waals surface area (Å²) in [5.41, 5.74) is 4.07. The van der Waals surface area contributed by atoms with Gasteiger partial charge >= 0.3 is 5.97 Å².